The molecule has 1 aliphatic carbocycles. The molecule has 2 aliphatic heterocycles. The summed E-state index contributed by atoms with van der Waals surface area (Å²) >= 11 is 0. The van der Waals surface area contributed by atoms with Crippen LogP contribution in [-0.2, 0) is 35.2 Å². The fourth-order valence-corrected chi connectivity index (χ4v) is 5.74. The van der Waals surface area contributed by atoms with E-state index < -0.39 is 29.2 Å². The van der Waals surface area contributed by atoms with Gasteiger partial charge in [-0.15, -0.1) is 0 Å². The lowest BCUT2D eigenvalue weighted by atomic mass is 9.73. The first kappa shape index (κ1) is 34.6. The maximum atomic E-state index is 13.1. The largest absolute Gasteiger partial charge is 0.475 e. The number of nitrogens with one attached hydrogen (secondary N) is 2. The summed E-state index contributed by atoms with van der Waals surface area (Å²) in [5.41, 5.74) is 0.0356. The number of aliphatic carboxylic acids is 1. The summed E-state index contributed by atoms with van der Waals surface area (Å²) < 4.78 is 0. The van der Waals surface area contributed by atoms with Crippen LogP contribution in [0, 0.1) is 5.92 Å². The van der Waals surface area contributed by atoms with E-state index in [0.717, 1.165) is 25.9 Å². The molecule has 2 heterocycles. The second-order valence-corrected chi connectivity index (χ2v) is 10.3. The molecule has 40 heavy (non-hydrogen) atoms. The van der Waals surface area contributed by atoms with Crippen molar-refractivity contribution in [2.75, 3.05) is 33.7 Å². The number of carbonyl (C=O) groups excluding carboxylic acids is 5. The minimum atomic E-state index is -1.52. The zero-order valence-corrected chi connectivity index (χ0v) is 23.9. The first-order valence-electron chi connectivity index (χ1n) is 13.6. The van der Waals surface area contributed by atoms with Gasteiger partial charge in [-0.2, -0.15) is 0 Å². The number of piperazine rings is 1. The minimum Gasteiger partial charge on any atom is -0.475 e. The van der Waals surface area contributed by atoms with Crippen LogP contribution in [0.15, 0.2) is 30.3 Å². The highest BCUT2D eigenvalue weighted by molar-refractivity contribution is 6.36. The molecule has 11 heteroatoms. The summed E-state index contributed by atoms with van der Waals surface area (Å²) in [6.07, 6.45) is 4.36. The highest BCUT2D eigenvalue weighted by Gasteiger charge is 2.49. The third-order valence-electron chi connectivity index (χ3n) is 7.71. The monoisotopic (exact) mass is 560 g/mol. The van der Waals surface area contributed by atoms with Gasteiger partial charge in [-0.1, -0.05) is 37.3 Å². The van der Waals surface area contributed by atoms with Crippen molar-refractivity contribution in [2.45, 2.75) is 69.5 Å². The second-order valence-electron chi connectivity index (χ2n) is 10.3. The Balaban J connectivity index is 0.000000561. The summed E-state index contributed by atoms with van der Waals surface area (Å²) in [6.45, 7) is 7.95. The average Bonchev–Trinajstić information content (AvgIpc) is 3.41. The second kappa shape index (κ2) is 17.3. The van der Waals surface area contributed by atoms with Crippen molar-refractivity contribution in [2.24, 2.45) is 5.92 Å². The Morgan fingerprint density at radius 3 is 2.12 bits per heavy atom. The lowest BCUT2D eigenvalue weighted by Crippen LogP contribution is -2.63. The zero-order chi connectivity index (χ0) is 30.3. The van der Waals surface area contributed by atoms with Gasteiger partial charge in [0.25, 0.3) is 5.78 Å². The molecule has 3 N–H and O–H groups in total. The van der Waals surface area contributed by atoms with Crippen molar-refractivity contribution in [3.8, 4) is 0 Å². The summed E-state index contributed by atoms with van der Waals surface area (Å²) in [5.74, 6) is -2.61. The molecule has 0 aromatic heterocycles. The highest BCUT2D eigenvalue weighted by Crippen LogP contribution is 2.34. The number of hydrogen-bond acceptors (Lipinski definition) is 8. The number of amides is 2. The predicted molar refractivity (Wildman–Crippen MR) is 151 cm³/mol. The Hall–Kier alpha value is -3.44. The number of carboxylic acids is 1. The Bertz CT molecular complexity index is 964. The lowest BCUT2D eigenvalue weighted by Gasteiger charge is -2.41. The number of nitrogens with zero attached hydrogens (tertiary/aromatic N) is 2. The topological polar surface area (TPSA) is 153 Å². The van der Waals surface area contributed by atoms with Crippen LogP contribution in [0.4, 0.5) is 0 Å². The van der Waals surface area contributed by atoms with E-state index in [-0.39, 0.29) is 18.5 Å². The average molecular weight is 561 g/mol. The van der Waals surface area contributed by atoms with Crippen LogP contribution >= 0.6 is 0 Å². The molecule has 2 unspecified atom stereocenters. The van der Waals surface area contributed by atoms with E-state index in [1.165, 1.54) is 5.56 Å². The summed E-state index contributed by atoms with van der Waals surface area (Å²) in [6, 6.07) is 9.83. The fourth-order valence-electron chi connectivity index (χ4n) is 5.74. The van der Waals surface area contributed by atoms with Gasteiger partial charge in [0.2, 0.25) is 11.8 Å². The molecule has 3 aliphatic rings. The van der Waals surface area contributed by atoms with Crippen LogP contribution in [0.1, 0.15) is 51.0 Å². The number of Topliss-reactive ketones (excluding diaryl/α,β-unsaturated/α-hetero) is 1. The van der Waals surface area contributed by atoms with E-state index in [1.807, 2.05) is 38.6 Å². The van der Waals surface area contributed by atoms with Crippen LogP contribution in [0.2, 0.25) is 0 Å². The molecule has 4 rings (SSSR count). The fraction of sp³-hybridized carbons (Fsp3) is 0.586. The smallest absolute Gasteiger partial charge is 0.374 e. The molecule has 222 valence electrons. The quantitative estimate of drug-likeness (QED) is 0.416. The Morgan fingerprint density at radius 2 is 1.62 bits per heavy atom. The Labute approximate surface area is 236 Å². The van der Waals surface area contributed by atoms with Crippen LogP contribution in [0.5, 0.6) is 0 Å². The minimum absolute atomic E-state index is 0.000472. The molecule has 2 atom stereocenters. The predicted octanol–water partition coefficient (Wildman–Crippen LogP) is 1.09. The van der Waals surface area contributed by atoms with Gasteiger partial charge in [0.1, 0.15) is 25.2 Å². The number of fused-ring (bicyclic) bond motifs is 1. The number of hydrogen-bond donors (Lipinski definition) is 3. The van der Waals surface area contributed by atoms with E-state index in [0.29, 0.717) is 38.0 Å². The van der Waals surface area contributed by atoms with Gasteiger partial charge in [0, 0.05) is 12.6 Å². The molecular formula is C29H44N4O7. The van der Waals surface area contributed by atoms with Crippen LogP contribution < -0.4 is 10.6 Å². The van der Waals surface area contributed by atoms with Gasteiger partial charge < -0.3 is 30.2 Å². The molecule has 1 saturated carbocycles. The van der Waals surface area contributed by atoms with E-state index in [4.69, 9.17) is 9.59 Å². The maximum Gasteiger partial charge on any atom is 0.374 e. The van der Waals surface area contributed by atoms with Crippen molar-refractivity contribution in [3.05, 3.63) is 35.9 Å². The van der Waals surface area contributed by atoms with E-state index in [2.05, 4.69) is 41.8 Å². The van der Waals surface area contributed by atoms with Crippen molar-refractivity contribution in [1.29, 1.82) is 0 Å². The number of aryl methyl sites for hydroxylation is 1. The molecule has 0 bridgehead atoms. The molecule has 1 aromatic rings. The molecule has 0 spiro atoms. The van der Waals surface area contributed by atoms with Crippen LogP contribution in [-0.4, -0.2) is 103 Å². The van der Waals surface area contributed by atoms with Crippen molar-refractivity contribution in [3.63, 3.8) is 0 Å². The first-order chi connectivity index (χ1) is 19.2. The number of carbonyl (C=O) groups is 6. The van der Waals surface area contributed by atoms with Gasteiger partial charge in [0.15, 0.2) is 0 Å². The molecule has 11 nitrogen and oxygen atoms in total. The van der Waals surface area contributed by atoms with E-state index >= 15 is 0 Å². The number of ketones is 1. The molecule has 0 radical (unpaired) electrons. The molecule has 3 fully saturated rings. The van der Waals surface area contributed by atoms with Crippen LogP contribution in [0.25, 0.3) is 0 Å². The van der Waals surface area contributed by atoms with E-state index in [1.54, 1.807) is 4.90 Å². The van der Waals surface area contributed by atoms with Crippen molar-refractivity contribution >= 4 is 37.1 Å². The van der Waals surface area contributed by atoms with Gasteiger partial charge >= 0.3 is 5.97 Å². The molecule has 2 amide bonds. The van der Waals surface area contributed by atoms with Crippen LogP contribution in [0.3, 0.4) is 0 Å². The Kier molecular flexibility index (Phi) is 15.0. The standard InChI is InChI=1S/C19H30N4O5.C8H10.2CH2O/c1-20-9-12-5-7-19(8-6-12,16(25)18(27)28)21-17(26)14-4-3-13-10-22(2)11-15(24)23(13)14;1-2-8-6-4-3-5-7-8;2*1-2/h12-14,20H,3-11H2,1-2H3,(H,21,26)(H,27,28);3-7H,2H2,1H3;2*1H2. The number of rotatable bonds is 7. The highest BCUT2D eigenvalue weighted by atomic mass is 16.4. The Morgan fingerprint density at radius 1 is 1.02 bits per heavy atom. The summed E-state index contributed by atoms with van der Waals surface area (Å²) in [4.78, 5) is 69.1. The summed E-state index contributed by atoms with van der Waals surface area (Å²) in [5, 5.41) is 15.2. The summed E-state index contributed by atoms with van der Waals surface area (Å²) in [7, 11) is 3.74. The first-order valence-corrected chi connectivity index (χ1v) is 13.6. The molecular weight excluding hydrogens is 516 g/mol. The zero-order valence-electron chi connectivity index (χ0n) is 23.9. The van der Waals surface area contributed by atoms with E-state index in [9.17, 15) is 24.3 Å². The normalized spacial score (nSPS) is 25.4. The number of carboxylic acid groups (broad SMARTS) is 1. The molecule has 2 saturated heterocycles. The van der Waals surface area contributed by atoms with Gasteiger partial charge in [-0.05, 0) is 77.1 Å². The molecule has 1 aromatic carbocycles. The van der Waals surface area contributed by atoms with Crippen molar-refractivity contribution < 1.29 is 33.9 Å². The van der Waals surface area contributed by atoms with Crippen molar-refractivity contribution in [1.82, 2.24) is 20.4 Å². The SMILES string of the molecule is C=O.C=O.CCc1ccccc1.CNCC1CCC(NC(=O)C2CCC3CN(C)CC(=O)N32)(C(=O)C(=O)O)CC1. The number of likely N-dealkylation sites (N-methyl/N-ethyl adjacent to an activating group) is 1. The third kappa shape index (κ3) is 9.06. The van der Waals surface area contributed by atoms with Gasteiger partial charge in [-0.25, -0.2) is 4.79 Å². The third-order valence-corrected chi connectivity index (χ3v) is 7.71. The van der Waals surface area contributed by atoms with Gasteiger partial charge in [-0.3, -0.25) is 19.3 Å². The maximum absolute atomic E-state index is 13.1. The van der Waals surface area contributed by atoms with Gasteiger partial charge in [0.05, 0.1) is 6.54 Å². The number of benzene rings is 1. The lowest BCUT2D eigenvalue weighted by molar-refractivity contribution is -0.155.